The van der Waals surface area contributed by atoms with Gasteiger partial charge in [0.05, 0.1) is 11.5 Å². The van der Waals surface area contributed by atoms with Crippen molar-refractivity contribution in [2.75, 3.05) is 0 Å². The van der Waals surface area contributed by atoms with Gasteiger partial charge in [-0.05, 0) is 111 Å². The minimum Gasteiger partial charge on any atom is -0.432 e. The molecule has 0 spiro atoms. The van der Waals surface area contributed by atoms with Gasteiger partial charge >= 0.3 is 6.11 Å². The van der Waals surface area contributed by atoms with Crippen LogP contribution in [0.1, 0.15) is 110 Å². The van der Waals surface area contributed by atoms with Crippen LogP contribution in [0.15, 0.2) is 24.3 Å². The quantitative estimate of drug-likeness (QED) is 0.145. The number of benzene rings is 2. The number of alkyl halides is 2. The third kappa shape index (κ3) is 7.75. The Kier molecular flexibility index (Phi) is 10.9. The summed E-state index contributed by atoms with van der Waals surface area (Å²) < 4.78 is 105. The molecule has 1 nitrogen and oxygen atoms in total. The van der Waals surface area contributed by atoms with E-state index in [1.54, 1.807) is 0 Å². The predicted molar refractivity (Wildman–Crippen MR) is 158 cm³/mol. The second-order valence-electron chi connectivity index (χ2n) is 13.7. The average Bonchev–Trinajstić information content (AvgIpc) is 3.00. The summed E-state index contributed by atoms with van der Waals surface area (Å²) in [6, 6.07) is 2.02. The number of hydrogen-bond acceptors (Lipinski definition) is 1. The Morgan fingerprint density at radius 2 is 1.07 bits per heavy atom. The standard InChI is InChI=1S/C36H45F7O/c1-2-3-4-5-22-6-8-23(9-7-22)24-10-12-25(13-11-24)26-14-16-28(17-15-26)36(42,43)44-29-20-30(37)34(31(38)21-29)27-18-32(39)35(41)33(40)19-27/h18-26,28H,2-17H2,1H3. The molecule has 0 atom stereocenters. The van der Waals surface area contributed by atoms with E-state index in [-0.39, 0.29) is 12.8 Å². The van der Waals surface area contributed by atoms with Gasteiger partial charge in [-0.15, -0.1) is 0 Å². The van der Waals surface area contributed by atoms with E-state index >= 15 is 8.78 Å². The first kappa shape index (κ1) is 33.1. The van der Waals surface area contributed by atoms with E-state index in [0.29, 0.717) is 48.9 Å². The lowest BCUT2D eigenvalue weighted by molar-refractivity contribution is -0.224. The summed E-state index contributed by atoms with van der Waals surface area (Å²) in [5.41, 5.74) is -1.45. The fourth-order valence-corrected chi connectivity index (χ4v) is 8.47. The molecule has 44 heavy (non-hydrogen) atoms. The fourth-order valence-electron chi connectivity index (χ4n) is 8.47. The van der Waals surface area contributed by atoms with Crippen LogP contribution in [0, 0.1) is 64.6 Å². The molecular formula is C36H45F7O. The second kappa shape index (κ2) is 14.5. The Hall–Kier alpha value is -2.25. The molecule has 0 saturated heterocycles. The summed E-state index contributed by atoms with van der Waals surface area (Å²) >= 11 is 0. The molecule has 3 fully saturated rings. The third-order valence-corrected chi connectivity index (χ3v) is 11.0. The van der Waals surface area contributed by atoms with E-state index in [2.05, 4.69) is 6.92 Å². The van der Waals surface area contributed by atoms with Gasteiger partial charge in [0.1, 0.15) is 17.4 Å². The summed E-state index contributed by atoms with van der Waals surface area (Å²) in [6.07, 6.45) is 14.0. The fraction of sp³-hybridized carbons (Fsp3) is 0.667. The Labute approximate surface area is 257 Å². The summed E-state index contributed by atoms with van der Waals surface area (Å²) in [6.45, 7) is 2.26. The normalized spacial score (nSPS) is 28.2. The molecule has 0 aliphatic heterocycles. The van der Waals surface area contributed by atoms with E-state index in [1.807, 2.05) is 0 Å². The van der Waals surface area contributed by atoms with Gasteiger partial charge in [0.15, 0.2) is 17.5 Å². The monoisotopic (exact) mass is 626 g/mol. The van der Waals surface area contributed by atoms with E-state index in [1.165, 1.54) is 77.0 Å². The molecule has 2 aromatic carbocycles. The molecule has 0 radical (unpaired) electrons. The third-order valence-electron chi connectivity index (χ3n) is 11.0. The second-order valence-corrected chi connectivity index (χ2v) is 13.7. The molecule has 2 aromatic rings. The number of unbranched alkanes of at least 4 members (excludes halogenated alkanes) is 2. The van der Waals surface area contributed by atoms with Crippen LogP contribution < -0.4 is 4.74 Å². The zero-order valence-corrected chi connectivity index (χ0v) is 25.6. The lowest BCUT2D eigenvalue weighted by atomic mass is 9.65. The number of hydrogen-bond donors (Lipinski definition) is 0. The maximum atomic E-state index is 15.2. The molecular weight excluding hydrogens is 581 g/mol. The molecule has 0 aromatic heterocycles. The average molecular weight is 627 g/mol. The molecule has 244 valence electrons. The van der Waals surface area contributed by atoms with Crippen molar-refractivity contribution in [1.82, 2.24) is 0 Å². The Balaban J connectivity index is 1.10. The van der Waals surface area contributed by atoms with Crippen molar-refractivity contribution in [2.45, 2.75) is 116 Å². The van der Waals surface area contributed by atoms with Gasteiger partial charge in [-0.1, -0.05) is 45.4 Å². The van der Waals surface area contributed by atoms with Gasteiger partial charge in [0, 0.05) is 12.1 Å². The summed E-state index contributed by atoms with van der Waals surface area (Å²) in [5.74, 6) is -5.93. The van der Waals surface area contributed by atoms with Crippen LogP contribution in [-0.4, -0.2) is 6.11 Å². The molecule has 5 rings (SSSR count). The van der Waals surface area contributed by atoms with Gasteiger partial charge in [0.2, 0.25) is 0 Å². The molecule has 3 saturated carbocycles. The molecule has 0 N–H and O–H groups in total. The van der Waals surface area contributed by atoms with Crippen molar-refractivity contribution in [3.05, 3.63) is 53.4 Å². The first-order chi connectivity index (χ1) is 21.1. The van der Waals surface area contributed by atoms with Crippen molar-refractivity contribution < 1.29 is 35.5 Å². The summed E-state index contributed by atoms with van der Waals surface area (Å²) in [7, 11) is 0. The maximum Gasteiger partial charge on any atom is 0.400 e. The van der Waals surface area contributed by atoms with Gasteiger partial charge < -0.3 is 4.74 Å². The SMILES string of the molecule is CCCCCC1CCC(C2CCC(C3CCC(C(F)(F)Oc4cc(F)c(-c5cc(F)c(F)c(F)c5)c(F)c4)CC3)CC2)CC1. The van der Waals surface area contributed by atoms with Crippen LogP contribution >= 0.6 is 0 Å². The molecule has 0 unspecified atom stereocenters. The molecule has 0 bridgehead atoms. The Morgan fingerprint density at radius 3 is 1.55 bits per heavy atom. The summed E-state index contributed by atoms with van der Waals surface area (Å²) in [5, 5.41) is 0. The van der Waals surface area contributed by atoms with E-state index in [0.717, 1.165) is 17.8 Å². The molecule has 0 heterocycles. The minimum absolute atomic E-state index is 0.275. The van der Waals surface area contributed by atoms with Crippen LogP contribution in [0.5, 0.6) is 5.75 Å². The highest BCUT2D eigenvalue weighted by Crippen LogP contribution is 2.48. The topological polar surface area (TPSA) is 9.23 Å². The van der Waals surface area contributed by atoms with Crippen LogP contribution in [0.3, 0.4) is 0 Å². The van der Waals surface area contributed by atoms with Gasteiger partial charge in [-0.25, -0.2) is 22.0 Å². The zero-order valence-electron chi connectivity index (χ0n) is 25.6. The largest absolute Gasteiger partial charge is 0.432 e. The predicted octanol–water partition coefficient (Wildman–Crippen LogP) is 12.0. The van der Waals surface area contributed by atoms with Crippen LogP contribution in [0.25, 0.3) is 11.1 Å². The lowest BCUT2D eigenvalue weighted by Gasteiger charge is -2.42. The van der Waals surface area contributed by atoms with Gasteiger partial charge in [-0.2, -0.15) is 8.78 Å². The highest BCUT2D eigenvalue weighted by Gasteiger charge is 2.45. The van der Waals surface area contributed by atoms with Gasteiger partial charge in [-0.3, -0.25) is 0 Å². The highest BCUT2D eigenvalue weighted by molar-refractivity contribution is 5.66. The first-order valence-corrected chi connectivity index (χ1v) is 16.8. The van der Waals surface area contributed by atoms with Crippen molar-refractivity contribution in [1.29, 1.82) is 0 Å². The molecule has 0 amide bonds. The van der Waals surface area contributed by atoms with E-state index < -0.39 is 58.0 Å². The van der Waals surface area contributed by atoms with E-state index in [9.17, 15) is 22.0 Å². The Bertz CT molecular complexity index is 1190. The molecule has 3 aliphatic carbocycles. The zero-order chi connectivity index (χ0) is 31.4. The van der Waals surface area contributed by atoms with Crippen molar-refractivity contribution in [3.8, 4) is 16.9 Å². The molecule has 3 aliphatic rings. The van der Waals surface area contributed by atoms with Crippen LogP contribution in [0.2, 0.25) is 0 Å². The van der Waals surface area contributed by atoms with Crippen LogP contribution in [-0.2, 0) is 0 Å². The number of ether oxygens (including phenoxy) is 1. The van der Waals surface area contributed by atoms with Crippen molar-refractivity contribution in [3.63, 3.8) is 0 Å². The van der Waals surface area contributed by atoms with Crippen LogP contribution in [0.4, 0.5) is 30.7 Å². The highest BCUT2D eigenvalue weighted by atomic mass is 19.3. The van der Waals surface area contributed by atoms with Gasteiger partial charge in [0.25, 0.3) is 0 Å². The molecule has 8 heteroatoms. The van der Waals surface area contributed by atoms with Crippen molar-refractivity contribution >= 4 is 0 Å². The number of halogens is 7. The van der Waals surface area contributed by atoms with Crippen molar-refractivity contribution in [2.24, 2.45) is 35.5 Å². The Morgan fingerprint density at radius 1 is 0.614 bits per heavy atom. The minimum atomic E-state index is -3.63. The maximum absolute atomic E-state index is 15.2. The smallest absolute Gasteiger partial charge is 0.400 e. The van der Waals surface area contributed by atoms with E-state index in [4.69, 9.17) is 4.74 Å². The lowest BCUT2D eigenvalue weighted by Crippen LogP contribution is -2.38. The first-order valence-electron chi connectivity index (χ1n) is 16.8. The number of rotatable bonds is 10. The summed E-state index contributed by atoms with van der Waals surface area (Å²) in [4.78, 5) is 0.